The van der Waals surface area contributed by atoms with Crippen molar-refractivity contribution in [2.45, 2.75) is 0 Å². The Balaban J connectivity index is 2.72. The number of thiocarbonyl (C=S) groups is 1. The van der Waals surface area contributed by atoms with E-state index in [0.29, 0.717) is 5.56 Å². The van der Waals surface area contributed by atoms with E-state index in [9.17, 15) is 4.89 Å². The van der Waals surface area contributed by atoms with E-state index in [4.69, 9.17) is 9.93 Å². The molecule has 1 atom stereocenters. The van der Waals surface area contributed by atoms with Gasteiger partial charge in [-0.3, -0.25) is 5.41 Å². The van der Waals surface area contributed by atoms with Gasteiger partial charge in [-0.15, -0.1) is 0 Å². The monoisotopic (exact) mass is 261 g/mol. The van der Waals surface area contributed by atoms with E-state index >= 15 is 0 Å². The summed E-state index contributed by atoms with van der Waals surface area (Å²) in [6, 6.07) is 8.62. The Morgan fingerprint density at radius 3 is 2.53 bits per heavy atom. The van der Waals surface area contributed by atoms with Gasteiger partial charge in [0.1, 0.15) is 0 Å². The van der Waals surface area contributed by atoms with E-state index in [2.05, 4.69) is 28.5 Å². The van der Waals surface area contributed by atoms with Crippen LogP contribution in [0.2, 0.25) is 0 Å². The minimum atomic E-state index is -3.47. The predicted octanol–water partition coefficient (Wildman–Crippen LogP) is 2.22. The smallest absolute Gasteiger partial charge is 0.412 e. The van der Waals surface area contributed by atoms with Gasteiger partial charge in [0, 0.05) is 17.4 Å². The van der Waals surface area contributed by atoms with Gasteiger partial charge in [0.05, 0.1) is 0 Å². The van der Waals surface area contributed by atoms with Gasteiger partial charge in [-0.1, -0.05) is 18.2 Å². The van der Waals surface area contributed by atoms with Crippen molar-refractivity contribution in [3.05, 3.63) is 35.9 Å². The Kier molecular flexibility index (Phi) is 4.35. The third kappa shape index (κ3) is 4.05. The van der Waals surface area contributed by atoms with Crippen LogP contribution in [0.5, 0.6) is 0 Å². The predicted molar refractivity (Wildman–Crippen MR) is 65.6 cm³/mol. The Morgan fingerprint density at radius 1 is 1.40 bits per heavy atom. The van der Waals surface area contributed by atoms with Crippen molar-refractivity contribution in [3.8, 4) is 0 Å². The van der Waals surface area contributed by atoms with Crippen LogP contribution in [-0.2, 0) is 20.9 Å². The number of hydrogen-bond acceptors (Lipinski definition) is 5. The SMILES string of the molecule is N=C(OP(O)(=S)OC=S)c1ccccc1. The molecule has 0 aliphatic rings. The third-order valence-electron chi connectivity index (χ3n) is 1.42. The molecule has 2 N–H and O–H groups in total. The molecular weight excluding hydrogens is 253 g/mol. The van der Waals surface area contributed by atoms with E-state index in [1.54, 1.807) is 30.3 Å². The molecule has 1 unspecified atom stereocenters. The normalized spacial score (nSPS) is 13.7. The van der Waals surface area contributed by atoms with Crippen LogP contribution in [0, 0.1) is 5.41 Å². The van der Waals surface area contributed by atoms with Crippen LogP contribution in [0.1, 0.15) is 5.56 Å². The maximum absolute atomic E-state index is 9.39. The standard InChI is InChI=1S/C8H8NO3PS2/c9-8(7-4-2-1-3-5-7)12-13(10,15)11-6-14/h1-6,9H,(H,10,15). The Hall–Kier alpha value is -0.810. The van der Waals surface area contributed by atoms with Gasteiger partial charge in [0.15, 0.2) is 5.55 Å². The molecule has 0 aliphatic heterocycles. The van der Waals surface area contributed by atoms with E-state index in [1.807, 2.05) is 0 Å². The molecule has 0 amide bonds. The highest BCUT2D eigenvalue weighted by atomic mass is 32.5. The molecule has 80 valence electrons. The summed E-state index contributed by atoms with van der Waals surface area (Å²) in [5.74, 6) is -0.238. The first kappa shape index (κ1) is 12.3. The van der Waals surface area contributed by atoms with Crippen LogP contribution in [-0.4, -0.2) is 16.3 Å². The van der Waals surface area contributed by atoms with E-state index < -0.39 is 6.72 Å². The molecule has 15 heavy (non-hydrogen) atoms. The highest BCUT2D eigenvalue weighted by Crippen LogP contribution is 2.43. The summed E-state index contributed by atoms with van der Waals surface area (Å²) in [6.45, 7) is -3.47. The first-order valence-corrected chi connectivity index (χ1v) is 6.90. The molecule has 0 saturated carbocycles. The second-order valence-electron chi connectivity index (χ2n) is 2.46. The first-order chi connectivity index (χ1) is 7.05. The van der Waals surface area contributed by atoms with Gasteiger partial charge in [0.25, 0.3) is 0 Å². The fourth-order valence-corrected chi connectivity index (χ4v) is 2.19. The minimum Gasteiger partial charge on any atom is -0.412 e. The van der Waals surface area contributed by atoms with E-state index in [1.165, 1.54) is 0 Å². The van der Waals surface area contributed by atoms with Crippen LogP contribution >= 0.6 is 18.9 Å². The van der Waals surface area contributed by atoms with Crippen LogP contribution in [0.25, 0.3) is 0 Å². The second kappa shape index (κ2) is 5.32. The van der Waals surface area contributed by atoms with Crippen molar-refractivity contribution < 1.29 is 13.9 Å². The fourth-order valence-electron chi connectivity index (χ4n) is 0.833. The van der Waals surface area contributed by atoms with E-state index in [0.717, 1.165) is 5.55 Å². The summed E-state index contributed by atoms with van der Waals surface area (Å²) >= 11 is 8.98. The fraction of sp³-hybridized carbons (Fsp3) is 0. The summed E-state index contributed by atoms with van der Waals surface area (Å²) in [7, 11) is 0. The van der Waals surface area contributed by atoms with Gasteiger partial charge in [-0.25, -0.2) is 0 Å². The molecule has 0 bridgehead atoms. The van der Waals surface area contributed by atoms with Crippen LogP contribution in [0.3, 0.4) is 0 Å². The van der Waals surface area contributed by atoms with Crippen molar-refractivity contribution in [2.75, 3.05) is 0 Å². The minimum absolute atomic E-state index is 0.238. The molecular formula is C8H8NO3PS2. The molecule has 0 heterocycles. The first-order valence-electron chi connectivity index (χ1n) is 3.83. The molecule has 4 nitrogen and oxygen atoms in total. The zero-order valence-corrected chi connectivity index (χ0v) is 10.0. The number of hydrogen-bond donors (Lipinski definition) is 2. The molecule has 0 spiro atoms. The van der Waals surface area contributed by atoms with Crippen molar-refractivity contribution >= 4 is 42.2 Å². The number of nitrogens with one attached hydrogen (secondary N) is 1. The van der Waals surface area contributed by atoms with Crippen LogP contribution < -0.4 is 0 Å². The molecule has 0 radical (unpaired) electrons. The summed E-state index contributed by atoms with van der Waals surface area (Å²) in [5, 5.41) is 7.51. The van der Waals surface area contributed by atoms with Gasteiger partial charge < -0.3 is 13.9 Å². The van der Waals surface area contributed by atoms with Gasteiger partial charge >= 0.3 is 6.72 Å². The molecule has 1 aromatic rings. The lowest BCUT2D eigenvalue weighted by Crippen LogP contribution is -2.04. The van der Waals surface area contributed by atoms with Crippen LogP contribution in [0.15, 0.2) is 30.3 Å². The zero-order chi connectivity index (χ0) is 11.3. The molecule has 0 aliphatic carbocycles. The molecule has 7 heteroatoms. The van der Waals surface area contributed by atoms with Gasteiger partial charge in [-0.2, -0.15) is 0 Å². The lowest BCUT2D eigenvalue weighted by molar-refractivity contribution is 0.377. The van der Waals surface area contributed by atoms with Crippen LogP contribution in [0.4, 0.5) is 0 Å². The topological polar surface area (TPSA) is 62.5 Å². The lowest BCUT2D eigenvalue weighted by Gasteiger charge is -2.14. The molecule has 0 fully saturated rings. The average molecular weight is 261 g/mol. The maximum Gasteiger partial charge on any atom is 0.433 e. The highest BCUT2D eigenvalue weighted by Gasteiger charge is 2.18. The van der Waals surface area contributed by atoms with Crippen molar-refractivity contribution in [2.24, 2.45) is 0 Å². The second-order valence-corrected chi connectivity index (χ2v) is 5.36. The Labute approximate surface area is 97.6 Å². The molecule has 1 aromatic carbocycles. The molecule has 1 rings (SSSR count). The third-order valence-corrected chi connectivity index (χ3v) is 2.92. The average Bonchev–Trinajstić information content (AvgIpc) is 2.18. The lowest BCUT2D eigenvalue weighted by atomic mass is 10.2. The van der Waals surface area contributed by atoms with Crippen molar-refractivity contribution in [1.29, 1.82) is 5.41 Å². The molecule has 0 saturated heterocycles. The molecule has 0 aromatic heterocycles. The summed E-state index contributed by atoms with van der Waals surface area (Å²) in [6.07, 6.45) is 0. The summed E-state index contributed by atoms with van der Waals surface area (Å²) in [4.78, 5) is 9.39. The summed E-state index contributed by atoms with van der Waals surface area (Å²) in [5.41, 5.74) is 1.34. The zero-order valence-electron chi connectivity index (χ0n) is 7.49. The quantitative estimate of drug-likeness (QED) is 0.376. The van der Waals surface area contributed by atoms with Gasteiger partial charge in [-0.05, 0) is 24.4 Å². The van der Waals surface area contributed by atoms with Crippen molar-refractivity contribution in [1.82, 2.24) is 0 Å². The number of rotatable bonds is 4. The van der Waals surface area contributed by atoms with Gasteiger partial charge in [0.2, 0.25) is 5.90 Å². The summed E-state index contributed by atoms with van der Waals surface area (Å²) < 4.78 is 9.34. The highest BCUT2D eigenvalue weighted by molar-refractivity contribution is 8.07. The Bertz CT molecular complexity index is 410. The van der Waals surface area contributed by atoms with E-state index in [-0.39, 0.29) is 5.90 Å². The number of benzene rings is 1. The largest absolute Gasteiger partial charge is 0.433 e. The van der Waals surface area contributed by atoms with Crippen molar-refractivity contribution in [3.63, 3.8) is 0 Å². The maximum atomic E-state index is 9.39. The Morgan fingerprint density at radius 2 is 2.00 bits per heavy atom.